The van der Waals surface area contributed by atoms with Crippen LogP contribution >= 0.6 is 0 Å². The zero-order chi connectivity index (χ0) is 18.0. The van der Waals surface area contributed by atoms with Crippen LogP contribution in [0.25, 0.3) is 16.7 Å². The van der Waals surface area contributed by atoms with Crippen LogP contribution in [0.15, 0.2) is 30.5 Å². The van der Waals surface area contributed by atoms with E-state index in [0.717, 1.165) is 22.0 Å². The summed E-state index contributed by atoms with van der Waals surface area (Å²) < 4.78 is 6.34. The predicted molar refractivity (Wildman–Crippen MR) is 93.7 cm³/mol. The Morgan fingerprint density at radius 2 is 2.16 bits per heavy atom. The number of hydrogen-bond donors (Lipinski definition) is 1. The van der Waals surface area contributed by atoms with E-state index in [4.69, 9.17) is 4.74 Å². The standard InChI is InChI=1S/C18H17N5O2/c1-4-25-18(24)22-17-13(9-19)10-20-23(17)15-8-12(3)14-7-5-6-11(2)16(14)21-15/h5-8,10H,4H2,1-3H3,(H,22,24). The van der Waals surface area contributed by atoms with Crippen molar-refractivity contribution in [2.75, 3.05) is 11.9 Å². The summed E-state index contributed by atoms with van der Waals surface area (Å²) >= 11 is 0. The van der Waals surface area contributed by atoms with Gasteiger partial charge in [0.1, 0.15) is 11.6 Å². The van der Waals surface area contributed by atoms with Gasteiger partial charge in [0.05, 0.1) is 18.3 Å². The zero-order valence-corrected chi connectivity index (χ0v) is 14.2. The molecule has 3 rings (SSSR count). The molecule has 0 bridgehead atoms. The van der Waals surface area contributed by atoms with Crippen molar-refractivity contribution < 1.29 is 9.53 Å². The number of ether oxygens (including phenoxy) is 1. The number of hydrogen-bond acceptors (Lipinski definition) is 5. The third kappa shape index (κ3) is 3.02. The van der Waals surface area contributed by atoms with E-state index >= 15 is 0 Å². The molecule has 7 heteroatoms. The van der Waals surface area contributed by atoms with E-state index in [0.29, 0.717) is 5.82 Å². The van der Waals surface area contributed by atoms with Crippen molar-refractivity contribution in [3.8, 4) is 11.9 Å². The molecule has 1 N–H and O–H groups in total. The number of nitrogens with zero attached hydrogens (tertiary/aromatic N) is 4. The number of anilines is 1. The molecular formula is C18H17N5O2. The van der Waals surface area contributed by atoms with Crippen LogP contribution in [-0.2, 0) is 4.74 Å². The van der Waals surface area contributed by atoms with Gasteiger partial charge in [0, 0.05) is 5.39 Å². The van der Waals surface area contributed by atoms with E-state index < -0.39 is 6.09 Å². The number of amides is 1. The third-order valence-corrected chi connectivity index (χ3v) is 3.84. The molecule has 1 amide bonds. The van der Waals surface area contributed by atoms with E-state index in [-0.39, 0.29) is 18.0 Å². The van der Waals surface area contributed by atoms with Gasteiger partial charge in [-0.3, -0.25) is 5.32 Å². The van der Waals surface area contributed by atoms with Crippen LogP contribution < -0.4 is 5.32 Å². The predicted octanol–water partition coefficient (Wildman–Crippen LogP) is 3.48. The quantitative estimate of drug-likeness (QED) is 0.791. The second-order valence-electron chi connectivity index (χ2n) is 5.54. The van der Waals surface area contributed by atoms with Crippen molar-refractivity contribution in [3.05, 3.63) is 47.2 Å². The van der Waals surface area contributed by atoms with E-state index in [1.807, 2.05) is 44.2 Å². The van der Waals surface area contributed by atoms with Gasteiger partial charge in [-0.05, 0) is 38.0 Å². The number of carbonyl (C=O) groups is 1. The number of nitriles is 1. The molecular weight excluding hydrogens is 318 g/mol. The summed E-state index contributed by atoms with van der Waals surface area (Å²) in [5, 5.41) is 17.1. The van der Waals surface area contributed by atoms with Crippen molar-refractivity contribution in [3.63, 3.8) is 0 Å². The average Bonchev–Trinajstić information content (AvgIpc) is 2.98. The summed E-state index contributed by atoms with van der Waals surface area (Å²) in [6.45, 7) is 5.91. The van der Waals surface area contributed by atoms with Crippen LogP contribution in [0.2, 0.25) is 0 Å². The summed E-state index contributed by atoms with van der Waals surface area (Å²) in [5.74, 6) is 0.758. The van der Waals surface area contributed by atoms with E-state index in [1.165, 1.54) is 10.9 Å². The fourth-order valence-electron chi connectivity index (χ4n) is 2.64. The van der Waals surface area contributed by atoms with Crippen LogP contribution in [0.3, 0.4) is 0 Å². The Morgan fingerprint density at radius 1 is 1.36 bits per heavy atom. The Kier molecular flexibility index (Phi) is 4.35. The molecule has 0 unspecified atom stereocenters. The zero-order valence-electron chi connectivity index (χ0n) is 14.2. The molecule has 126 valence electrons. The Morgan fingerprint density at radius 3 is 2.88 bits per heavy atom. The van der Waals surface area contributed by atoms with Gasteiger partial charge in [-0.2, -0.15) is 15.0 Å². The largest absolute Gasteiger partial charge is 0.450 e. The fourth-order valence-corrected chi connectivity index (χ4v) is 2.64. The normalized spacial score (nSPS) is 10.5. The molecule has 2 aromatic heterocycles. The van der Waals surface area contributed by atoms with Gasteiger partial charge >= 0.3 is 6.09 Å². The summed E-state index contributed by atoms with van der Waals surface area (Å²) in [6.07, 6.45) is 0.745. The van der Waals surface area contributed by atoms with Crippen LogP contribution in [0.5, 0.6) is 0 Å². The fraction of sp³-hybridized carbons (Fsp3) is 0.222. The number of aromatic nitrogens is 3. The number of aryl methyl sites for hydroxylation is 2. The molecule has 0 aliphatic carbocycles. The Hall–Kier alpha value is -3.40. The van der Waals surface area contributed by atoms with Gasteiger partial charge in [-0.25, -0.2) is 9.78 Å². The van der Waals surface area contributed by atoms with E-state index in [1.54, 1.807) is 6.92 Å². The maximum absolute atomic E-state index is 11.8. The molecule has 1 aromatic carbocycles. The number of pyridine rings is 1. The summed E-state index contributed by atoms with van der Waals surface area (Å²) in [6, 6.07) is 9.87. The Balaban J connectivity index is 2.15. The highest BCUT2D eigenvalue weighted by atomic mass is 16.5. The van der Waals surface area contributed by atoms with Crippen molar-refractivity contribution in [1.82, 2.24) is 14.8 Å². The second-order valence-corrected chi connectivity index (χ2v) is 5.54. The summed E-state index contributed by atoms with van der Waals surface area (Å²) in [4.78, 5) is 16.5. The van der Waals surface area contributed by atoms with Gasteiger partial charge in [-0.15, -0.1) is 0 Å². The smallest absolute Gasteiger partial charge is 0.412 e. The van der Waals surface area contributed by atoms with Crippen LogP contribution in [-0.4, -0.2) is 27.5 Å². The van der Waals surface area contributed by atoms with E-state index in [2.05, 4.69) is 15.4 Å². The minimum atomic E-state index is -0.644. The van der Waals surface area contributed by atoms with Crippen LogP contribution in [0, 0.1) is 25.2 Å². The van der Waals surface area contributed by atoms with Gasteiger partial charge in [0.2, 0.25) is 0 Å². The highest BCUT2D eigenvalue weighted by Gasteiger charge is 2.17. The van der Waals surface area contributed by atoms with Crippen molar-refractivity contribution >= 4 is 22.8 Å². The molecule has 7 nitrogen and oxygen atoms in total. The summed E-state index contributed by atoms with van der Waals surface area (Å²) in [5.41, 5.74) is 3.15. The topological polar surface area (TPSA) is 92.8 Å². The molecule has 0 saturated heterocycles. The molecule has 0 aliphatic heterocycles. The molecule has 25 heavy (non-hydrogen) atoms. The second kappa shape index (κ2) is 6.61. The van der Waals surface area contributed by atoms with Crippen LogP contribution in [0.1, 0.15) is 23.6 Å². The lowest BCUT2D eigenvalue weighted by atomic mass is 10.1. The molecule has 0 radical (unpaired) electrons. The number of para-hydroxylation sites is 1. The minimum absolute atomic E-state index is 0.231. The molecule has 0 aliphatic rings. The van der Waals surface area contributed by atoms with Crippen molar-refractivity contribution in [2.24, 2.45) is 0 Å². The monoisotopic (exact) mass is 335 g/mol. The van der Waals surface area contributed by atoms with Crippen LogP contribution in [0.4, 0.5) is 10.6 Å². The first-order valence-electron chi connectivity index (χ1n) is 7.84. The average molecular weight is 335 g/mol. The Bertz CT molecular complexity index is 1000. The van der Waals surface area contributed by atoms with Gasteiger partial charge in [0.15, 0.2) is 11.6 Å². The first kappa shape index (κ1) is 16.5. The number of fused-ring (bicyclic) bond motifs is 1. The van der Waals surface area contributed by atoms with Gasteiger partial charge in [0.25, 0.3) is 0 Å². The molecule has 2 heterocycles. The lowest BCUT2D eigenvalue weighted by molar-refractivity contribution is 0.167. The van der Waals surface area contributed by atoms with E-state index in [9.17, 15) is 10.1 Å². The number of carbonyl (C=O) groups excluding carboxylic acids is 1. The number of benzene rings is 1. The molecule has 0 saturated carbocycles. The first-order chi connectivity index (χ1) is 12.0. The Labute approximate surface area is 144 Å². The molecule has 3 aromatic rings. The molecule has 0 fully saturated rings. The maximum atomic E-state index is 11.8. The number of rotatable bonds is 3. The lowest BCUT2D eigenvalue weighted by Gasteiger charge is -2.12. The highest BCUT2D eigenvalue weighted by molar-refractivity contribution is 5.87. The maximum Gasteiger partial charge on any atom is 0.412 e. The first-order valence-corrected chi connectivity index (χ1v) is 7.84. The number of nitrogens with one attached hydrogen (secondary N) is 1. The van der Waals surface area contributed by atoms with Gasteiger partial charge in [-0.1, -0.05) is 18.2 Å². The summed E-state index contributed by atoms with van der Waals surface area (Å²) in [7, 11) is 0. The SMILES string of the molecule is CCOC(=O)Nc1c(C#N)cnn1-c1cc(C)c2cccc(C)c2n1. The minimum Gasteiger partial charge on any atom is -0.450 e. The van der Waals surface area contributed by atoms with Crippen molar-refractivity contribution in [1.29, 1.82) is 5.26 Å². The molecule has 0 spiro atoms. The van der Waals surface area contributed by atoms with Gasteiger partial charge < -0.3 is 4.74 Å². The third-order valence-electron chi connectivity index (χ3n) is 3.84. The molecule has 0 atom stereocenters. The van der Waals surface area contributed by atoms with Crippen molar-refractivity contribution in [2.45, 2.75) is 20.8 Å². The lowest BCUT2D eigenvalue weighted by Crippen LogP contribution is -2.17. The highest BCUT2D eigenvalue weighted by Crippen LogP contribution is 2.25.